The molecular weight excluding hydrogens is 606 g/mol. The van der Waals surface area contributed by atoms with Crippen LogP contribution >= 0.6 is 0 Å². The molecule has 15 N–H and O–H groups in total. The molecule has 264 valence electrons. The second-order valence-electron chi connectivity index (χ2n) is 13.9. The first-order chi connectivity index (χ1) is 21.7. The van der Waals surface area contributed by atoms with Crippen LogP contribution in [0.1, 0.15) is 32.6 Å². The normalized spacial score (nSPS) is 45.5. The van der Waals surface area contributed by atoms with Gasteiger partial charge in [-0.05, 0) is 45.7 Å². The molecule has 17 nitrogen and oxygen atoms in total. The van der Waals surface area contributed by atoms with Crippen molar-refractivity contribution in [2.24, 2.45) is 23.1 Å². The number of likely N-dealkylation sites (N-methyl/N-ethyl adjacent to an activating group) is 1. The van der Waals surface area contributed by atoms with Crippen molar-refractivity contribution in [3.05, 3.63) is 11.8 Å². The highest BCUT2D eigenvalue weighted by molar-refractivity contribution is 5.81. The molecule has 17 heteroatoms. The van der Waals surface area contributed by atoms with Crippen LogP contribution in [0.2, 0.25) is 0 Å². The number of carbonyl (C=O) groups excluding carboxylic acids is 1. The van der Waals surface area contributed by atoms with Crippen LogP contribution in [0.4, 0.5) is 0 Å². The molecule has 0 bridgehead atoms. The van der Waals surface area contributed by atoms with Gasteiger partial charge in [0.15, 0.2) is 6.29 Å². The Kier molecular flexibility index (Phi) is 11.3. The summed E-state index contributed by atoms with van der Waals surface area (Å²) in [6.45, 7) is 2.99. The second-order valence-corrected chi connectivity index (χ2v) is 13.9. The van der Waals surface area contributed by atoms with E-state index in [0.29, 0.717) is 51.2 Å². The molecule has 0 aromatic heterocycles. The molecule has 2 saturated carbocycles. The van der Waals surface area contributed by atoms with Gasteiger partial charge in [0.25, 0.3) is 0 Å². The van der Waals surface area contributed by atoms with Crippen LogP contribution in [-0.2, 0) is 23.7 Å². The minimum Gasteiger partial charge on any atom is -0.467 e. The Bertz CT molecular complexity index is 1080. The van der Waals surface area contributed by atoms with Crippen LogP contribution in [0.25, 0.3) is 0 Å². The molecular formula is C29H53N7O10. The van der Waals surface area contributed by atoms with E-state index in [1.54, 1.807) is 7.05 Å². The number of ether oxygens (including phenoxy) is 4. The van der Waals surface area contributed by atoms with Crippen molar-refractivity contribution in [2.45, 2.75) is 117 Å². The molecule has 2 saturated heterocycles. The van der Waals surface area contributed by atoms with Gasteiger partial charge >= 0.3 is 0 Å². The third-order valence-electron chi connectivity index (χ3n) is 9.87. The molecule has 2 aliphatic carbocycles. The summed E-state index contributed by atoms with van der Waals surface area (Å²) in [6.07, 6.45) is -5.24. The van der Waals surface area contributed by atoms with E-state index in [1.807, 2.05) is 6.08 Å². The fourth-order valence-electron chi connectivity index (χ4n) is 7.01. The lowest BCUT2D eigenvalue weighted by molar-refractivity contribution is -0.304. The van der Waals surface area contributed by atoms with Crippen molar-refractivity contribution >= 4 is 5.91 Å². The third kappa shape index (κ3) is 7.84. The molecule has 0 radical (unpaired) electrons. The van der Waals surface area contributed by atoms with Crippen molar-refractivity contribution in [3.8, 4) is 0 Å². The lowest BCUT2D eigenvalue weighted by atomic mass is 9.76. The number of carbonyl (C=O) groups is 1. The summed E-state index contributed by atoms with van der Waals surface area (Å²) >= 11 is 0. The molecule has 0 aromatic carbocycles. The van der Waals surface area contributed by atoms with Crippen LogP contribution in [0.15, 0.2) is 11.8 Å². The Labute approximate surface area is 268 Å². The first-order valence-corrected chi connectivity index (χ1v) is 16.1. The Hall–Kier alpha value is -1.55. The minimum absolute atomic E-state index is 0.00255. The van der Waals surface area contributed by atoms with E-state index < -0.39 is 84.4 Å². The maximum absolute atomic E-state index is 13.0. The maximum Gasteiger partial charge on any atom is 0.249 e. The van der Waals surface area contributed by atoms with Crippen molar-refractivity contribution < 1.29 is 49.3 Å². The largest absolute Gasteiger partial charge is 0.467 e. The monoisotopic (exact) mass is 659 g/mol. The fourth-order valence-corrected chi connectivity index (χ4v) is 7.01. The minimum atomic E-state index is -1.46. The standard InChI is InChI=1S/C29H53N7O10/c1-28(41)12-43-27(21(39)24(28)33-2)46-23-18(36-25(40)19(37)13-8-34-9-13)5-17(32)22(20(23)38)45-26-16(31)4-3-15(44-26)10-35-11-29(42)6-14(30)7-29/h3,13-14,16-24,26-27,33-35,37-39,41-42H,4-12,30-32H2,1-2H3,(H,36,40)/t14?,16-,17+,18-,19?,20+,21-,22-,23+,24-,26-,27-,28+,29?/m1/s1. The molecule has 3 aliphatic heterocycles. The van der Waals surface area contributed by atoms with Gasteiger partial charge in [-0.2, -0.15) is 0 Å². The molecule has 0 spiro atoms. The molecule has 46 heavy (non-hydrogen) atoms. The highest BCUT2D eigenvalue weighted by Gasteiger charge is 2.52. The van der Waals surface area contributed by atoms with Gasteiger partial charge in [0.1, 0.15) is 41.9 Å². The van der Waals surface area contributed by atoms with E-state index in [0.717, 1.165) is 0 Å². The average molecular weight is 660 g/mol. The first-order valence-electron chi connectivity index (χ1n) is 16.1. The molecule has 3 heterocycles. The van der Waals surface area contributed by atoms with E-state index in [9.17, 15) is 30.3 Å². The fraction of sp³-hybridized carbons (Fsp3) is 0.897. The number of nitrogens with one attached hydrogen (secondary N) is 4. The maximum atomic E-state index is 13.0. The molecule has 12 atom stereocenters. The van der Waals surface area contributed by atoms with Crippen molar-refractivity contribution in [2.75, 3.05) is 39.8 Å². The highest BCUT2D eigenvalue weighted by atomic mass is 16.7. The van der Waals surface area contributed by atoms with Gasteiger partial charge in [-0.3, -0.25) is 4.79 Å². The zero-order chi connectivity index (χ0) is 33.4. The van der Waals surface area contributed by atoms with E-state index in [1.165, 1.54) is 6.92 Å². The SMILES string of the molecule is CN[C@@H]1[C@@H](O)[C@@H](O[C@@H]2[C@@H](O)[C@H](O[C@H]3OC(CNCC4(O)CC(N)C4)=CC[C@H]3N)[C@@H](N)C[C@H]2NC(=O)C(O)C2CNC2)OC[C@]1(C)O. The summed E-state index contributed by atoms with van der Waals surface area (Å²) in [6, 6.07) is -3.11. The van der Waals surface area contributed by atoms with Gasteiger partial charge in [-0.1, -0.05) is 0 Å². The lowest BCUT2D eigenvalue weighted by Crippen LogP contribution is -2.69. The van der Waals surface area contributed by atoms with Gasteiger partial charge in [0, 0.05) is 37.6 Å². The van der Waals surface area contributed by atoms with Crippen LogP contribution < -0.4 is 38.5 Å². The average Bonchev–Trinajstić information content (AvgIpc) is 2.94. The van der Waals surface area contributed by atoms with Crippen LogP contribution in [-0.4, -0.2) is 156 Å². The van der Waals surface area contributed by atoms with Gasteiger partial charge in [0.2, 0.25) is 12.2 Å². The summed E-state index contributed by atoms with van der Waals surface area (Å²) < 4.78 is 24.1. The van der Waals surface area contributed by atoms with Gasteiger partial charge in [-0.15, -0.1) is 0 Å². The Balaban J connectivity index is 1.26. The zero-order valence-corrected chi connectivity index (χ0v) is 26.5. The molecule has 4 fully saturated rings. The van der Waals surface area contributed by atoms with Crippen LogP contribution in [0, 0.1) is 5.92 Å². The zero-order valence-electron chi connectivity index (χ0n) is 26.5. The van der Waals surface area contributed by atoms with E-state index in [4.69, 9.17) is 36.1 Å². The molecule has 5 rings (SSSR count). The lowest BCUT2D eigenvalue weighted by Gasteiger charge is -2.49. The number of aliphatic hydroxyl groups excluding tert-OH is 3. The molecule has 1 amide bonds. The van der Waals surface area contributed by atoms with E-state index in [-0.39, 0.29) is 25.0 Å². The van der Waals surface area contributed by atoms with E-state index >= 15 is 0 Å². The molecule has 1 unspecified atom stereocenters. The predicted molar refractivity (Wildman–Crippen MR) is 162 cm³/mol. The topological polar surface area (TPSA) is 281 Å². The number of nitrogens with two attached hydrogens (primary N) is 3. The van der Waals surface area contributed by atoms with Crippen molar-refractivity contribution in [1.82, 2.24) is 21.3 Å². The second kappa shape index (κ2) is 14.5. The number of amides is 1. The molecule has 5 aliphatic rings. The smallest absolute Gasteiger partial charge is 0.249 e. The third-order valence-corrected chi connectivity index (χ3v) is 9.87. The molecule has 0 aromatic rings. The van der Waals surface area contributed by atoms with Gasteiger partial charge in [0.05, 0.1) is 36.9 Å². The summed E-state index contributed by atoms with van der Waals surface area (Å²) in [5.74, 6) is -0.340. The van der Waals surface area contributed by atoms with E-state index in [2.05, 4.69) is 21.3 Å². The quantitative estimate of drug-likeness (QED) is 0.0930. The first kappa shape index (κ1) is 35.7. The summed E-state index contributed by atoms with van der Waals surface area (Å²) in [7, 11) is 1.58. The summed E-state index contributed by atoms with van der Waals surface area (Å²) in [4.78, 5) is 13.0. The Morgan fingerprint density at radius 3 is 2.43 bits per heavy atom. The van der Waals surface area contributed by atoms with Crippen molar-refractivity contribution in [1.29, 1.82) is 0 Å². The predicted octanol–water partition coefficient (Wildman–Crippen LogP) is -5.63. The van der Waals surface area contributed by atoms with Gasteiger partial charge in [-0.25, -0.2) is 0 Å². The Morgan fingerprint density at radius 1 is 1.11 bits per heavy atom. The number of rotatable bonds is 12. The van der Waals surface area contributed by atoms with Crippen LogP contribution in [0.5, 0.6) is 0 Å². The summed E-state index contributed by atoms with van der Waals surface area (Å²) in [5.41, 5.74) is 16.4. The van der Waals surface area contributed by atoms with Crippen molar-refractivity contribution in [3.63, 3.8) is 0 Å². The highest BCUT2D eigenvalue weighted by Crippen LogP contribution is 2.33. The Morgan fingerprint density at radius 2 is 1.80 bits per heavy atom. The summed E-state index contributed by atoms with van der Waals surface area (Å²) in [5, 5.41) is 66.3. The van der Waals surface area contributed by atoms with Gasteiger partial charge < -0.3 is 82.9 Å². The number of hydrogen-bond donors (Lipinski definition) is 12. The van der Waals surface area contributed by atoms with Crippen LogP contribution in [0.3, 0.4) is 0 Å². The number of hydrogen-bond acceptors (Lipinski definition) is 16. The number of aliphatic hydroxyl groups is 5.